The number of fused-ring (bicyclic) bond motifs is 2. The molecule has 262 valence electrons. The van der Waals surface area contributed by atoms with Crippen molar-refractivity contribution in [3.05, 3.63) is 111 Å². The molecule has 0 atom stereocenters. The van der Waals surface area contributed by atoms with Crippen LogP contribution in [-0.4, -0.2) is 11.9 Å². The number of ether oxygens (including phenoxy) is 2. The summed E-state index contributed by atoms with van der Waals surface area (Å²) in [6.07, 6.45) is 0. The Kier molecular flexibility index (Phi) is 9.36. The summed E-state index contributed by atoms with van der Waals surface area (Å²) in [5, 5.41) is 3.22. The van der Waals surface area contributed by atoms with Crippen molar-refractivity contribution in [2.24, 2.45) is 0 Å². The molecule has 5 aromatic rings. The van der Waals surface area contributed by atoms with Crippen molar-refractivity contribution < 1.29 is 19.1 Å². The first-order chi connectivity index (χ1) is 23.2. The van der Waals surface area contributed by atoms with Crippen molar-refractivity contribution in [1.82, 2.24) is 0 Å². The van der Waals surface area contributed by atoms with Crippen molar-refractivity contribution in [2.45, 2.75) is 125 Å². The predicted octanol–water partition coefficient (Wildman–Crippen LogP) is 12.0. The van der Waals surface area contributed by atoms with Crippen LogP contribution in [-0.2, 0) is 0 Å². The Morgan fingerprint density at radius 3 is 0.620 bits per heavy atom. The van der Waals surface area contributed by atoms with Crippen LogP contribution in [0, 0.1) is 125 Å². The lowest BCUT2D eigenvalue weighted by Crippen LogP contribution is -2.18. The van der Waals surface area contributed by atoms with Gasteiger partial charge in [-0.15, -0.1) is 0 Å². The number of rotatable bonds is 4. The molecule has 4 heteroatoms. The molecule has 0 spiro atoms. The van der Waals surface area contributed by atoms with Crippen LogP contribution in [0.1, 0.15) is 121 Å². The monoisotopic (exact) mass is 670 g/mol. The Balaban J connectivity index is 1.97. The second-order valence-electron chi connectivity index (χ2n) is 14.9. The van der Waals surface area contributed by atoms with Gasteiger partial charge in [-0.3, -0.25) is 0 Å². The number of carbonyl (C=O) groups is 2. The molecule has 0 bridgehead atoms. The van der Waals surface area contributed by atoms with Crippen LogP contribution in [0.15, 0.2) is 0 Å². The second kappa shape index (κ2) is 12.7. The Hall–Kier alpha value is -4.44. The first-order valence-electron chi connectivity index (χ1n) is 17.7. The fraction of sp³-hybridized carbons (Fsp3) is 0.391. The fourth-order valence-electron chi connectivity index (χ4n) is 8.11. The van der Waals surface area contributed by atoms with Gasteiger partial charge in [0.1, 0.15) is 11.5 Å². The van der Waals surface area contributed by atoms with E-state index in [1.807, 2.05) is 27.7 Å². The van der Waals surface area contributed by atoms with Crippen LogP contribution in [0.25, 0.3) is 21.5 Å². The van der Waals surface area contributed by atoms with Crippen molar-refractivity contribution >= 4 is 33.5 Å². The molecule has 0 fully saturated rings. The Bertz CT molecular complexity index is 2060. The van der Waals surface area contributed by atoms with Gasteiger partial charge in [0.2, 0.25) is 0 Å². The molecule has 0 saturated carbocycles. The van der Waals surface area contributed by atoms with E-state index in [0.29, 0.717) is 22.6 Å². The molecule has 0 unspecified atom stereocenters. The van der Waals surface area contributed by atoms with E-state index >= 15 is 0 Å². The first-order valence-corrected chi connectivity index (χ1v) is 17.7. The van der Waals surface area contributed by atoms with E-state index in [2.05, 4.69) is 96.9 Å². The van der Waals surface area contributed by atoms with Crippen LogP contribution in [0.5, 0.6) is 11.5 Å². The number of esters is 2. The summed E-state index contributed by atoms with van der Waals surface area (Å²) in [6.45, 7) is 37.3. The molecule has 0 aliphatic rings. The molecule has 0 heterocycles. The van der Waals surface area contributed by atoms with Crippen LogP contribution in [0.3, 0.4) is 0 Å². The van der Waals surface area contributed by atoms with Gasteiger partial charge in [0.25, 0.3) is 0 Å². The molecule has 0 aromatic heterocycles. The smallest absolute Gasteiger partial charge is 0.344 e. The molecule has 4 nitrogen and oxygen atoms in total. The number of hydrogen-bond acceptors (Lipinski definition) is 4. The average molecular weight is 671 g/mol. The third-order valence-corrected chi connectivity index (χ3v) is 13.1. The quantitative estimate of drug-likeness (QED) is 0.108. The normalized spacial score (nSPS) is 11.6. The van der Waals surface area contributed by atoms with Crippen molar-refractivity contribution in [3.8, 4) is 11.5 Å². The molecular weight excluding hydrogens is 617 g/mol. The lowest BCUT2D eigenvalue weighted by Gasteiger charge is -2.26. The number of benzene rings is 5. The Morgan fingerprint density at radius 1 is 0.260 bits per heavy atom. The number of carbonyl (C=O) groups excluding carboxylic acids is 2. The van der Waals surface area contributed by atoms with Crippen molar-refractivity contribution in [3.63, 3.8) is 0 Å². The zero-order valence-electron chi connectivity index (χ0n) is 33.6. The van der Waals surface area contributed by atoms with Gasteiger partial charge in [0.05, 0.1) is 11.1 Å². The largest absolute Gasteiger partial charge is 0.422 e. The first kappa shape index (κ1) is 36.8. The minimum atomic E-state index is -0.374. The van der Waals surface area contributed by atoms with Gasteiger partial charge in [-0.05, 0) is 225 Å². The highest BCUT2D eigenvalue weighted by atomic mass is 16.5. The summed E-state index contributed by atoms with van der Waals surface area (Å²) in [6, 6.07) is 0. The number of aryl methyl sites for hydroxylation is 4. The van der Waals surface area contributed by atoms with E-state index in [9.17, 15) is 9.59 Å². The maximum absolute atomic E-state index is 14.6. The lowest BCUT2D eigenvalue weighted by molar-refractivity contribution is 0.0724. The standard InChI is InChI=1S/C46H54O4/c1-19-21(3)29(11)37(30(12)22(19)4)45(47)49-43-39-33(15)25(7)27(9)35(17)41(39)44(42-36(18)28(10)26(8)34(16)40(42)43)50-46(48)38-31(13)23(5)20(2)24(6)32(38)14/h1-18H3. The van der Waals surface area contributed by atoms with E-state index in [4.69, 9.17) is 9.47 Å². The van der Waals surface area contributed by atoms with E-state index in [0.717, 1.165) is 111 Å². The molecule has 5 rings (SSSR count). The molecule has 0 amide bonds. The van der Waals surface area contributed by atoms with Gasteiger partial charge in [0.15, 0.2) is 0 Å². The summed E-state index contributed by atoms with van der Waals surface area (Å²) in [7, 11) is 0. The highest BCUT2D eigenvalue weighted by Gasteiger charge is 2.31. The SMILES string of the molecule is Cc1c(C)c(C)c(C(=O)Oc2c3c(C)c(C)c(C)c(C)c3c(OC(=O)c3c(C)c(C)c(C)c(C)c3C)c3c(C)c(C)c(C)c(C)c23)c(C)c1C. The molecule has 0 saturated heterocycles. The van der Waals surface area contributed by atoms with Gasteiger partial charge >= 0.3 is 11.9 Å². The molecular formula is C46H54O4. The van der Waals surface area contributed by atoms with Gasteiger partial charge < -0.3 is 9.47 Å². The van der Waals surface area contributed by atoms with Crippen LogP contribution in [0.4, 0.5) is 0 Å². The van der Waals surface area contributed by atoms with Gasteiger partial charge in [0, 0.05) is 21.5 Å². The van der Waals surface area contributed by atoms with Crippen LogP contribution >= 0.6 is 0 Å². The fourth-order valence-corrected chi connectivity index (χ4v) is 8.11. The number of hydrogen-bond donors (Lipinski definition) is 0. The highest BCUT2D eigenvalue weighted by molar-refractivity contribution is 6.18. The minimum absolute atomic E-state index is 0.374. The van der Waals surface area contributed by atoms with Gasteiger partial charge in [-0.25, -0.2) is 9.59 Å². The van der Waals surface area contributed by atoms with Crippen molar-refractivity contribution in [1.29, 1.82) is 0 Å². The van der Waals surface area contributed by atoms with Crippen LogP contribution in [0.2, 0.25) is 0 Å². The zero-order chi connectivity index (χ0) is 37.6. The van der Waals surface area contributed by atoms with Gasteiger partial charge in [-0.1, -0.05) is 0 Å². The van der Waals surface area contributed by atoms with E-state index < -0.39 is 0 Å². The molecule has 0 aliphatic heterocycles. The summed E-state index contributed by atoms with van der Waals surface area (Å²) in [5.41, 5.74) is 20.2. The third-order valence-electron chi connectivity index (χ3n) is 13.1. The molecule has 50 heavy (non-hydrogen) atoms. The Morgan fingerprint density at radius 2 is 0.420 bits per heavy atom. The average Bonchev–Trinajstić information content (AvgIpc) is 3.07. The third kappa shape index (κ3) is 5.17. The summed E-state index contributed by atoms with van der Waals surface area (Å²) < 4.78 is 13.5. The summed E-state index contributed by atoms with van der Waals surface area (Å²) in [5.74, 6) is 0.300. The van der Waals surface area contributed by atoms with E-state index in [1.165, 1.54) is 11.1 Å². The molecule has 0 radical (unpaired) electrons. The maximum atomic E-state index is 14.6. The highest BCUT2D eigenvalue weighted by Crippen LogP contribution is 2.51. The second-order valence-corrected chi connectivity index (χ2v) is 14.9. The topological polar surface area (TPSA) is 52.6 Å². The zero-order valence-corrected chi connectivity index (χ0v) is 33.6. The lowest BCUT2D eigenvalue weighted by atomic mass is 9.84. The van der Waals surface area contributed by atoms with E-state index in [-0.39, 0.29) is 11.9 Å². The predicted molar refractivity (Wildman–Crippen MR) is 210 cm³/mol. The van der Waals surface area contributed by atoms with E-state index in [1.54, 1.807) is 0 Å². The maximum Gasteiger partial charge on any atom is 0.344 e. The van der Waals surface area contributed by atoms with Crippen LogP contribution < -0.4 is 9.47 Å². The summed E-state index contributed by atoms with van der Waals surface area (Å²) in [4.78, 5) is 29.1. The minimum Gasteiger partial charge on any atom is -0.422 e. The summed E-state index contributed by atoms with van der Waals surface area (Å²) >= 11 is 0. The van der Waals surface area contributed by atoms with Gasteiger partial charge in [-0.2, -0.15) is 0 Å². The Labute approximate surface area is 299 Å². The molecule has 0 aliphatic carbocycles. The molecule has 0 N–H and O–H groups in total. The van der Waals surface area contributed by atoms with Crippen molar-refractivity contribution in [2.75, 3.05) is 0 Å². The molecule has 5 aromatic carbocycles.